The van der Waals surface area contributed by atoms with Crippen LogP contribution < -0.4 is 0 Å². The lowest BCUT2D eigenvalue weighted by molar-refractivity contribution is -0.131. The van der Waals surface area contributed by atoms with Gasteiger partial charge in [-0.2, -0.15) is 5.10 Å². The molecule has 1 fully saturated rings. The number of benzene rings is 1. The van der Waals surface area contributed by atoms with Crippen molar-refractivity contribution < 1.29 is 4.79 Å². The SMILES string of the molecule is Cc1ccn(CC(=O)N2CCC(Cc3ccc(Cl)cc3)C2)n1. The molecule has 1 saturated heterocycles. The quantitative estimate of drug-likeness (QED) is 0.869. The molecule has 0 saturated carbocycles. The molecule has 2 heterocycles. The van der Waals surface area contributed by atoms with Gasteiger partial charge >= 0.3 is 0 Å². The normalized spacial score (nSPS) is 17.9. The van der Waals surface area contributed by atoms with Crippen LogP contribution >= 0.6 is 11.6 Å². The van der Waals surface area contributed by atoms with E-state index in [1.807, 2.05) is 36.2 Å². The highest BCUT2D eigenvalue weighted by atomic mass is 35.5. The minimum atomic E-state index is 0.154. The monoisotopic (exact) mass is 317 g/mol. The predicted molar refractivity (Wildman–Crippen MR) is 86.8 cm³/mol. The van der Waals surface area contributed by atoms with Gasteiger partial charge in [-0.3, -0.25) is 9.48 Å². The van der Waals surface area contributed by atoms with Crippen LogP contribution in [0.1, 0.15) is 17.7 Å². The fourth-order valence-corrected chi connectivity index (χ4v) is 3.10. The summed E-state index contributed by atoms with van der Waals surface area (Å²) in [4.78, 5) is 14.3. The maximum Gasteiger partial charge on any atom is 0.244 e. The van der Waals surface area contributed by atoms with Crippen LogP contribution in [0.3, 0.4) is 0 Å². The molecule has 1 atom stereocenters. The van der Waals surface area contributed by atoms with Gasteiger partial charge < -0.3 is 4.90 Å². The van der Waals surface area contributed by atoms with Crippen LogP contribution in [0.25, 0.3) is 0 Å². The molecule has 22 heavy (non-hydrogen) atoms. The van der Waals surface area contributed by atoms with E-state index in [1.54, 1.807) is 4.68 Å². The molecule has 1 aliphatic heterocycles. The van der Waals surface area contributed by atoms with E-state index in [-0.39, 0.29) is 5.91 Å². The summed E-state index contributed by atoms with van der Waals surface area (Å²) in [6, 6.07) is 9.91. The van der Waals surface area contributed by atoms with E-state index in [1.165, 1.54) is 5.56 Å². The number of amides is 1. The fourth-order valence-electron chi connectivity index (χ4n) is 2.97. The van der Waals surface area contributed by atoms with Crippen molar-refractivity contribution in [2.75, 3.05) is 13.1 Å². The summed E-state index contributed by atoms with van der Waals surface area (Å²) in [5, 5.41) is 5.04. The van der Waals surface area contributed by atoms with E-state index in [2.05, 4.69) is 17.2 Å². The molecule has 1 aromatic heterocycles. The van der Waals surface area contributed by atoms with Gasteiger partial charge in [0, 0.05) is 24.3 Å². The molecule has 3 rings (SSSR count). The first kappa shape index (κ1) is 15.1. The maximum absolute atomic E-state index is 12.3. The van der Waals surface area contributed by atoms with Crippen molar-refractivity contribution in [3.63, 3.8) is 0 Å². The van der Waals surface area contributed by atoms with E-state index in [9.17, 15) is 4.79 Å². The Labute approximate surface area is 135 Å². The molecule has 2 aromatic rings. The van der Waals surface area contributed by atoms with Gasteiger partial charge in [0.1, 0.15) is 6.54 Å². The molecule has 0 bridgehead atoms. The molecule has 0 spiro atoms. The number of carbonyl (C=O) groups excluding carboxylic acids is 1. The number of halogens is 1. The average Bonchev–Trinajstić information content (AvgIpc) is 3.11. The zero-order valence-corrected chi connectivity index (χ0v) is 13.5. The van der Waals surface area contributed by atoms with Gasteiger partial charge in [0.05, 0.1) is 5.69 Å². The third kappa shape index (κ3) is 3.69. The zero-order valence-electron chi connectivity index (χ0n) is 12.7. The van der Waals surface area contributed by atoms with E-state index < -0.39 is 0 Å². The number of aromatic nitrogens is 2. The van der Waals surface area contributed by atoms with Gasteiger partial charge in [-0.25, -0.2) is 0 Å². The zero-order chi connectivity index (χ0) is 15.5. The lowest BCUT2D eigenvalue weighted by Crippen LogP contribution is -2.32. The first-order valence-corrected chi connectivity index (χ1v) is 8.00. The Kier molecular flexibility index (Phi) is 4.48. The molecule has 1 aromatic carbocycles. The highest BCUT2D eigenvalue weighted by Gasteiger charge is 2.26. The van der Waals surface area contributed by atoms with Gasteiger partial charge in [0.2, 0.25) is 5.91 Å². The van der Waals surface area contributed by atoms with Gasteiger partial charge in [0.15, 0.2) is 0 Å². The molecule has 1 amide bonds. The summed E-state index contributed by atoms with van der Waals surface area (Å²) in [7, 11) is 0. The summed E-state index contributed by atoms with van der Waals surface area (Å²) in [6.45, 7) is 3.94. The van der Waals surface area contributed by atoms with E-state index in [0.29, 0.717) is 12.5 Å². The van der Waals surface area contributed by atoms with Crippen molar-refractivity contribution in [3.8, 4) is 0 Å². The first-order valence-electron chi connectivity index (χ1n) is 7.62. The number of likely N-dealkylation sites (tertiary alicyclic amines) is 1. The van der Waals surface area contributed by atoms with E-state index in [4.69, 9.17) is 11.6 Å². The Morgan fingerprint density at radius 1 is 1.32 bits per heavy atom. The molecule has 5 heteroatoms. The molecule has 0 aliphatic carbocycles. The summed E-state index contributed by atoms with van der Waals surface area (Å²) >= 11 is 5.91. The molecule has 1 aliphatic rings. The molecule has 0 radical (unpaired) electrons. The molecule has 1 unspecified atom stereocenters. The van der Waals surface area contributed by atoms with Crippen molar-refractivity contribution in [2.24, 2.45) is 5.92 Å². The van der Waals surface area contributed by atoms with Crippen LogP contribution in [0.5, 0.6) is 0 Å². The summed E-state index contributed by atoms with van der Waals surface area (Å²) in [5.41, 5.74) is 2.22. The molecular formula is C17H20ClN3O. The van der Waals surface area contributed by atoms with Crippen LogP contribution in [0.2, 0.25) is 5.02 Å². The Morgan fingerprint density at radius 2 is 2.09 bits per heavy atom. The largest absolute Gasteiger partial charge is 0.341 e. The van der Waals surface area contributed by atoms with Gasteiger partial charge in [-0.05, 0) is 49.4 Å². The summed E-state index contributed by atoms with van der Waals surface area (Å²) in [6.07, 6.45) is 3.92. The Bertz CT molecular complexity index is 650. The Hall–Kier alpha value is -1.81. The Balaban J connectivity index is 1.53. The number of hydrogen-bond acceptors (Lipinski definition) is 2. The van der Waals surface area contributed by atoms with Crippen molar-refractivity contribution in [2.45, 2.75) is 26.3 Å². The second-order valence-electron chi connectivity index (χ2n) is 5.98. The smallest absolute Gasteiger partial charge is 0.244 e. The van der Waals surface area contributed by atoms with Gasteiger partial charge in [-0.15, -0.1) is 0 Å². The van der Waals surface area contributed by atoms with Crippen LogP contribution in [-0.4, -0.2) is 33.7 Å². The standard InChI is InChI=1S/C17H20ClN3O/c1-13-6-9-21(19-13)12-17(22)20-8-7-15(11-20)10-14-2-4-16(18)5-3-14/h2-6,9,15H,7-8,10-12H2,1H3. The number of carbonyl (C=O) groups is 1. The number of rotatable bonds is 4. The van der Waals surface area contributed by atoms with E-state index in [0.717, 1.165) is 36.6 Å². The highest BCUT2D eigenvalue weighted by molar-refractivity contribution is 6.30. The van der Waals surface area contributed by atoms with Crippen molar-refractivity contribution in [3.05, 3.63) is 52.8 Å². The van der Waals surface area contributed by atoms with E-state index >= 15 is 0 Å². The molecular weight excluding hydrogens is 298 g/mol. The highest BCUT2D eigenvalue weighted by Crippen LogP contribution is 2.22. The number of aryl methyl sites for hydroxylation is 1. The van der Waals surface area contributed by atoms with Crippen LogP contribution in [0.4, 0.5) is 0 Å². The van der Waals surface area contributed by atoms with Crippen molar-refractivity contribution >= 4 is 17.5 Å². The maximum atomic E-state index is 12.3. The molecule has 0 N–H and O–H groups in total. The first-order chi connectivity index (χ1) is 10.6. The van der Waals surface area contributed by atoms with Crippen LogP contribution in [0, 0.1) is 12.8 Å². The Morgan fingerprint density at radius 3 is 2.77 bits per heavy atom. The second kappa shape index (κ2) is 6.53. The third-order valence-electron chi connectivity index (χ3n) is 4.15. The third-order valence-corrected chi connectivity index (χ3v) is 4.40. The van der Waals surface area contributed by atoms with Crippen molar-refractivity contribution in [1.29, 1.82) is 0 Å². The summed E-state index contributed by atoms with van der Waals surface area (Å²) in [5.74, 6) is 0.686. The second-order valence-corrected chi connectivity index (χ2v) is 6.42. The summed E-state index contributed by atoms with van der Waals surface area (Å²) < 4.78 is 1.71. The van der Waals surface area contributed by atoms with Gasteiger partial charge in [-0.1, -0.05) is 23.7 Å². The topological polar surface area (TPSA) is 38.1 Å². The van der Waals surface area contributed by atoms with Crippen molar-refractivity contribution in [1.82, 2.24) is 14.7 Å². The average molecular weight is 318 g/mol. The fraction of sp³-hybridized carbons (Fsp3) is 0.412. The predicted octanol–water partition coefficient (Wildman–Crippen LogP) is 2.94. The van der Waals surface area contributed by atoms with Gasteiger partial charge in [0.25, 0.3) is 0 Å². The molecule has 116 valence electrons. The number of hydrogen-bond donors (Lipinski definition) is 0. The lowest BCUT2D eigenvalue weighted by atomic mass is 9.99. The lowest BCUT2D eigenvalue weighted by Gasteiger charge is -2.16. The van der Waals surface area contributed by atoms with Crippen LogP contribution in [-0.2, 0) is 17.8 Å². The van der Waals surface area contributed by atoms with Crippen LogP contribution in [0.15, 0.2) is 36.5 Å². The minimum Gasteiger partial charge on any atom is -0.341 e. The minimum absolute atomic E-state index is 0.154. The molecule has 4 nitrogen and oxygen atoms in total. The number of nitrogens with zero attached hydrogens (tertiary/aromatic N) is 3.